The molecule has 0 radical (unpaired) electrons. The van der Waals surface area contributed by atoms with E-state index in [4.69, 9.17) is 14.1 Å². The van der Waals surface area contributed by atoms with Crippen LogP contribution in [0.15, 0.2) is 71.3 Å². The lowest BCUT2D eigenvalue weighted by atomic mass is 9.80. The summed E-state index contributed by atoms with van der Waals surface area (Å²) in [5.41, 5.74) is 0.967. The number of fused-ring (bicyclic) bond motifs is 3. The minimum absolute atomic E-state index is 0.143. The monoisotopic (exact) mass is 473 g/mol. The Morgan fingerprint density at radius 2 is 1.63 bits per heavy atom. The molecule has 4 aliphatic rings. The summed E-state index contributed by atoms with van der Waals surface area (Å²) in [6.45, 7) is 4.86. The molecule has 5 heteroatoms. The first-order valence-corrected chi connectivity index (χ1v) is 13.4. The molecule has 5 nitrogen and oxygen atoms in total. The summed E-state index contributed by atoms with van der Waals surface area (Å²) in [6.07, 6.45) is 8.88. The fourth-order valence-corrected chi connectivity index (χ4v) is 6.87. The van der Waals surface area contributed by atoms with Crippen molar-refractivity contribution in [1.82, 2.24) is 4.98 Å². The Bertz CT molecular complexity index is 1100. The molecule has 1 aromatic heterocycles. The van der Waals surface area contributed by atoms with Gasteiger partial charge in [0.15, 0.2) is 11.4 Å². The first kappa shape index (κ1) is 23.0. The molecule has 4 heterocycles. The van der Waals surface area contributed by atoms with Gasteiger partial charge < -0.3 is 18.7 Å². The van der Waals surface area contributed by atoms with Crippen molar-refractivity contribution in [2.75, 3.05) is 19.6 Å². The largest absolute Gasteiger partial charge is 0.436 e. The molecule has 4 fully saturated rings. The van der Waals surface area contributed by atoms with Gasteiger partial charge in [-0.15, -0.1) is 0 Å². The van der Waals surface area contributed by atoms with E-state index in [1.54, 1.807) is 0 Å². The van der Waals surface area contributed by atoms with Gasteiger partial charge >= 0.3 is 0 Å². The van der Waals surface area contributed by atoms with Crippen molar-refractivity contribution in [1.29, 1.82) is 0 Å². The van der Waals surface area contributed by atoms with Crippen molar-refractivity contribution in [3.63, 3.8) is 0 Å². The number of hydrogen-bond donors (Lipinski definition) is 1. The Kier molecular flexibility index (Phi) is 6.25. The molecule has 7 rings (SSSR count). The molecule has 3 aliphatic heterocycles. The number of quaternary nitrogens is 1. The van der Waals surface area contributed by atoms with Crippen LogP contribution in [0.4, 0.5) is 0 Å². The van der Waals surface area contributed by atoms with E-state index in [0.717, 1.165) is 67.7 Å². The van der Waals surface area contributed by atoms with Crippen LogP contribution >= 0.6 is 0 Å². The van der Waals surface area contributed by atoms with E-state index in [1.807, 2.05) is 36.5 Å². The first-order chi connectivity index (χ1) is 17.1. The number of oxazole rings is 1. The Hall–Kier alpha value is -2.47. The van der Waals surface area contributed by atoms with Crippen LogP contribution in [0.5, 0.6) is 0 Å². The van der Waals surface area contributed by atoms with E-state index in [-0.39, 0.29) is 5.92 Å². The summed E-state index contributed by atoms with van der Waals surface area (Å²) in [5, 5.41) is 12.0. The van der Waals surface area contributed by atoms with Gasteiger partial charge in [0.2, 0.25) is 5.89 Å². The van der Waals surface area contributed by atoms with Crippen molar-refractivity contribution in [2.45, 2.75) is 63.4 Å². The van der Waals surface area contributed by atoms with Crippen molar-refractivity contribution in [3.05, 3.63) is 89.6 Å². The second-order valence-electron chi connectivity index (χ2n) is 11.0. The third-order valence-electron chi connectivity index (χ3n) is 8.88. The highest BCUT2D eigenvalue weighted by Gasteiger charge is 2.48. The van der Waals surface area contributed by atoms with Crippen molar-refractivity contribution in [3.8, 4) is 0 Å². The highest BCUT2D eigenvalue weighted by atomic mass is 16.5. The molecule has 3 aromatic rings. The lowest BCUT2D eigenvalue weighted by molar-refractivity contribution is -0.959. The number of ether oxygens (including phenoxy) is 1. The zero-order valence-electron chi connectivity index (χ0n) is 20.5. The van der Waals surface area contributed by atoms with Crippen molar-refractivity contribution >= 4 is 0 Å². The smallest absolute Gasteiger partial charge is 0.231 e. The molecule has 1 aliphatic carbocycles. The van der Waals surface area contributed by atoms with Crippen molar-refractivity contribution < 1.29 is 18.7 Å². The molecule has 1 N–H and O–H groups in total. The Morgan fingerprint density at radius 1 is 0.943 bits per heavy atom. The standard InChI is InChI=1S/C30H37N2O3/c33-30(26-13-7-8-14-26,25-11-5-2-6-12-25)29-31-19-27(35-29)20-32-17-15-24(16-18-32)28(21-32)34-22-23-9-3-1-4-10-23/h1-6,9-12,19,24,26,28,33H,7-8,13-18,20-22H2/q+1. The van der Waals surface area contributed by atoms with Crippen LogP contribution in [-0.4, -0.2) is 40.3 Å². The fraction of sp³-hybridized carbons (Fsp3) is 0.500. The summed E-state index contributed by atoms with van der Waals surface area (Å²) in [7, 11) is 0. The second-order valence-corrected chi connectivity index (χ2v) is 11.0. The minimum atomic E-state index is -1.16. The second kappa shape index (κ2) is 9.53. The SMILES string of the molecule is OC(c1ccccc1)(c1ncc(C[N+]23CCC(CC2)C(OCc2ccccc2)C3)o1)C1CCCC1. The summed E-state index contributed by atoms with van der Waals surface area (Å²) in [5.74, 6) is 2.15. The third kappa shape index (κ3) is 4.46. The number of nitrogens with zero attached hydrogens (tertiary/aromatic N) is 2. The first-order valence-electron chi connectivity index (χ1n) is 13.4. The number of aromatic nitrogens is 1. The summed E-state index contributed by atoms with van der Waals surface area (Å²) >= 11 is 0. The molecule has 2 atom stereocenters. The molecule has 184 valence electrons. The summed E-state index contributed by atoms with van der Waals surface area (Å²) in [4.78, 5) is 4.69. The van der Waals surface area contributed by atoms with Crippen molar-refractivity contribution in [2.24, 2.45) is 11.8 Å². The fourth-order valence-electron chi connectivity index (χ4n) is 6.87. The molecule has 2 aromatic carbocycles. The molecule has 2 unspecified atom stereocenters. The Morgan fingerprint density at radius 3 is 2.34 bits per heavy atom. The molecule has 1 saturated carbocycles. The van der Waals surface area contributed by atoms with Crippen LogP contribution in [0.2, 0.25) is 0 Å². The zero-order chi connectivity index (χ0) is 23.7. The van der Waals surface area contributed by atoms with Gasteiger partial charge in [0.05, 0.1) is 25.9 Å². The van der Waals surface area contributed by atoms with Crippen LogP contribution in [-0.2, 0) is 23.5 Å². The number of aliphatic hydroxyl groups is 1. The predicted molar refractivity (Wildman–Crippen MR) is 134 cm³/mol. The molecule has 35 heavy (non-hydrogen) atoms. The van der Waals surface area contributed by atoms with E-state index in [2.05, 4.69) is 30.3 Å². The van der Waals surface area contributed by atoms with E-state index in [1.165, 1.54) is 18.4 Å². The van der Waals surface area contributed by atoms with Crippen LogP contribution in [0.3, 0.4) is 0 Å². The molecule has 0 amide bonds. The predicted octanol–water partition coefficient (Wildman–Crippen LogP) is 5.43. The molecular formula is C30H37N2O3+. The highest BCUT2D eigenvalue weighted by Crippen LogP contribution is 2.45. The van der Waals surface area contributed by atoms with Gasteiger partial charge in [-0.05, 0) is 24.0 Å². The maximum Gasteiger partial charge on any atom is 0.231 e. The Labute approximate surface area is 208 Å². The molecular weight excluding hydrogens is 436 g/mol. The van der Waals surface area contributed by atoms with E-state index in [9.17, 15) is 5.11 Å². The summed E-state index contributed by atoms with van der Waals surface area (Å²) in [6, 6.07) is 20.5. The molecule has 0 spiro atoms. The van der Waals surface area contributed by atoms with Gasteiger partial charge in [0, 0.05) is 24.7 Å². The lowest BCUT2D eigenvalue weighted by Gasteiger charge is -2.52. The van der Waals surface area contributed by atoms with E-state index in [0.29, 0.717) is 24.5 Å². The van der Waals surface area contributed by atoms with Crippen LogP contribution in [0.1, 0.15) is 61.3 Å². The molecule has 2 bridgehead atoms. The van der Waals surface area contributed by atoms with E-state index < -0.39 is 5.60 Å². The number of hydrogen-bond acceptors (Lipinski definition) is 4. The maximum atomic E-state index is 12.0. The average Bonchev–Trinajstić information content (AvgIpc) is 3.62. The molecule has 3 saturated heterocycles. The quantitative estimate of drug-likeness (QED) is 0.444. The van der Waals surface area contributed by atoms with Gasteiger partial charge in [-0.3, -0.25) is 0 Å². The van der Waals surface area contributed by atoms with Gasteiger partial charge in [-0.25, -0.2) is 4.98 Å². The topological polar surface area (TPSA) is 55.5 Å². The van der Waals surface area contributed by atoms with Gasteiger partial charge in [0.25, 0.3) is 0 Å². The maximum absolute atomic E-state index is 12.0. The van der Waals surface area contributed by atoms with Crippen LogP contribution in [0.25, 0.3) is 0 Å². The number of rotatable bonds is 8. The van der Waals surface area contributed by atoms with Gasteiger partial charge in [-0.2, -0.15) is 0 Å². The highest BCUT2D eigenvalue weighted by molar-refractivity contribution is 5.30. The number of piperidine rings is 3. The minimum Gasteiger partial charge on any atom is -0.436 e. The van der Waals surface area contributed by atoms with E-state index >= 15 is 0 Å². The van der Waals surface area contributed by atoms with Gasteiger partial charge in [0.1, 0.15) is 19.2 Å². The average molecular weight is 474 g/mol. The number of benzene rings is 2. The zero-order valence-corrected chi connectivity index (χ0v) is 20.5. The van der Waals surface area contributed by atoms with Gasteiger partial charge in [-0.1, -0.05) is 73.5 Å². The Balaban J connectivity index is 1.20. The normalized spacial score (nSPS) is 28.3. The van der Waals surface area contributed by atoms with Crippen LogP contribution in [0, 0.1) is 11.8 Å². The summed E-state index contributed by atoms with van der Waals surface area (Å²) < 4.78 is 13.9. The van der Waals surface area contributed by atoms with Crippen LogP contribution < -0.4 is 0 Å². The lowest BCUT2D eigenvalue weighted by Crippen LogP contribution is -2.63. The third-order valence-corrected chi connectivity index (χ3v) is 8.88.